The molecule has 2 aromatic carbocycles. The number of fused-ring (bicyclic) bond motifs is 2. The minimum Gasteiger partial charge on any atom is -0.451 e. The second-order valence-electron chi connectivity index (χ2n) is 7.98. The fourth-order valence-corrected chi connectivity index (χ4v) is 3.94. The number of ether oxygens (including phenoxy) is 1. The van der Waals surface area contributed by atoms with Gasteiger partial charge in [-0.05, 0) is 75.1 Å². The molecule has 0 unspecified atom stereocenters. The molecule has 0 N–H and O–H groups in total. The van der Waals surface area contributed by atoms with Gasteiger partial charge in [-0.3, -0.25) is 14.2 Å². The van der Waals surface area contributed by atoms with Crippen LogP contribution in [-0.2, 0) is 17.7 Å². The van der Waals surface area contributed by atoms with E-state index in [-0.39, 0.29) is 16.9 Å². The number of carbonyl (C=O) groups is 2. The van der Waals surface area contributed by atoms with E-state index in [9.17, 15) is 14.4 Å². The Labute approximate surface area is 174 Å². The molecule has 1 aromatic heterocycles. The predicted octanol–water partition coefficient (Wildman–Crippen LogP) is 3.70. The predicted molar refractivity (Wildman–Crippen MR) is 114 cm³/mol. The lowest BCUT2D eigenvalue weighted by Crippen LogP contribution is -2.25. The van der Waals surface area contributed by atoms with Gasteiger partial charge in [-0.2, -0.15) is 0 Å². The van der Waals surface area contributed by atoms with Crippen LogP contribution in [0.3, 0.4) is 0 Å². The minimum atomic E-state index is -0.924. The van der Waals surface area contributed by atoms with Crippen molar-refractivity contribution in [1.29, 1.82) is 0 Å². The molecular formula is C24H24N2O4. The summed E-state index contributed by atoms with van der Waals surface area (Å²) in [7, 11) is 0. The monoisotopic (exact) mass is 404 g/mol. The molecular weight excluding hydrogens is 380 g/mol. The van der Waals surface area contributed by atoms with Gasteiger partial charge in [0, 0.05) is 18.5 Å². The molecule has 1 aliphatic rings. The molecule has 0 saturated carbocycles. The summed E-state index contributed by atoms with van der Waals surface area (Å²) in [5.74, 6) is -0.104. The molecule has 6 heteroatoms. The van der Waals surface area contributed by atoms with Crippen LogP contribution in [0.2, 0.25) is 0 Å². The van der Waals surface area contributed by atoms with Crippen molar-refractivity contribution in [1.82, 2.24) is 9.55 Å². The van der Waals surface area contributed by atoms with Gasteiger partial charge in [-0.25, -0.2) is 9.78 Å². The maximum absolute atomic E-state index is 12.8. The number of nitrogens with zero attached hydrogens (tertiary/aromatic N) is 2. The molecule has 0 spiro atoms. The van der Waals surface area contributed by atoms with Gasteiger partial charge in [0.05, 0.1) is 16.5 Å². The molecule has 0 fully saturated rings. The Kier molecular flexibility index (Phi) is 5.02. The molecule has 0 bridgehead atoms. The van der Waals surface area contributed by atoms with Gasteiger partial charge in [0.1, 0.15) is 5.82 Å². The summed E-state index contributed by atoms with van der Waals surface area (Å²) in [5, 5.41) is 0.479. The standard InChI is InChI=1S/C24H24N2O4/c1-13-10-15(3)19(11-14(13)2)22(27)16(4)30-24(29)17-7-8-18-20(12-17)25-21-6-5-9-26(21)23(18)28/h7-8,10-12,16H,5-6,9H2,1-4H3/t16-/m0/s1. The molecule has 154 valence electrons. The molecule has 2 heterocycles. The zero-order valence-electron chi connectivity index (χ0n) is 17.6. The molecule has 0 saturated heterocycles. The van der Waals surface area contributed by atoms with Crippen molar-refractivity contribution < 1.29 is 14.3 Å². The first-order valence-electron chi connectivity index (χ1n) is 10.1. The van der Waals surface area contributed by atoms with Crippen LogP contribution in [0, 0.1) is 20.8 Å². The normalized spacial score (nSPS) is 13.9. The first-order valence-corrected chi connectivity index (χ1v) is 10.1. The quantitative estimate of drug-likeness (QED) is 0.489. The fourth-order valence-electron chi connectivity index (χ4n) is 3.94. The van der Waals surface area contributed by atoms with E-state index in [1.54, 1.807) is 29.7 Å². The summed E-state index contributed by atoms with van der Waals surface area (Å²) in [5.41, 5.74) is 4.21. The summed E-state index contributed by atoms with van der Waals surface area (Å²) < 4.78 is 7.14. The van der Waals surface area contributed by atoms with Gasteiger partial charge >= 0.3 is 5.97 Å². The van der Waals surface area contributed by atoms with Gasteiger partial charge in [0.25, 0.3) is 5.56 Å². The number of rotatable bonds is 4. The Balaban J connectivity index is 1.58. The number of hydrogen-bond acceptors (Lipinski definition) is 5. The van der Waals surface area contributed by atoms with E-state index in [0.717, 1.165) is 35.4 Å². The molecule has 4 rings (SSSR count). The highest BCUT2D eigenvalue weighted by Gasteiger charge is 2.23. The third kappa shape index (κ3) is 3.43. The number of Topliss-reactive ketones (excluding diaryl/α,β-unsaturated/α-hetero) is 1. The number of esters is 1. The van der Waals surface area contributed by atoms with Gasteiger partial charge in [0.2, 0.25) is 5.78 Å². The van der Waals surface area contributed by atoms with Crippen LogP contribution in [0.4, 0.5) is 0 Å². The number of carbonyl (C=O) groups excluding carboxylic acids is 2. The molecule has 0 aliphatic carbocycles. The number of aryl methyl sites for hydroxylation is 4. The van der Waals surface area contributed by atoms with Crippen LogP contribution in [0.25, 0.3) is 10.9 Å². The smallest absolute Gasteiger partial charge is 0.338 e. The lowest BCUT2D eigenvalue weighted by molar-refractivity contribution is 0.0318. The van der Waals surface area contributed by atoms with Crippen LogP contribution in [0.15, 0.2) is 35.1 Å². The topological polar surface area (TPSA) is 78.3 Å². The lowest BCUT2D eigenvalue weighted by Gasteiger charge is -2.15. The highest BCUT2D eigenvalue weighted by molar-refractivity contribution is 6.03. The Morgan fingerprint density at radius 3 is 2.57 bits per heavy atom. The Hall–Kier alpha value is -3.28. The third-order valence-electron chi connectivity index (χ3n) is 5.81. The first-order chi connectivity index (χ1) is 14.3. The Morgan fingerprint density at radius 1 is 1.07 bits per heavy atom. The van der Waals surface area contributed by atoms with Gasteiger partial charge in [0.15, 0.2) is 6.10 Å². The SMILES string of the molecule is Cc1cc(C)c(C(=O)[C@H](C)OC(=O)c2ccc3c(=O)n4c(nc3c2)CCC4)cc1C. The fraction of sp³-hybridized carbons (Fsp3) is 0.333. The summed E-state index contributed by atoms with van der Waals surface area (Å²) in [6.07, 6.45) is 0.721. The van der Waals surface area contributed by atoms with Gasteiger partial charge < -0.3 is 4.74 Å². The highest BCUT2D eigenvalue weighted by Crippen LogP contribution is 2.20. The maximum atomic E-state index is 12.8. The first kappa shape index (κ1) is 20.0. The molecule has 1 aliphatic heterocycles. The van der Waals surface area contributed by atoms with Gasteiger partial charge in [-0.15, -0.1) is 0 Å². The molecule has 0 amide bonds. The Bertz CT molecular complexity index is 1260. The van der Waals surface area contributed by atoms with Crippen molar-refractivity contribution in [3.8, 4) is 0 Å². The lowest BCUT2D eigenvalue weighted by atomic mass is 9.96. The van der Waals surface area contributed by atoms with Crippen LogP contribution in [-0.4, -0.2) is 27.4 Å². The second kappa shape index (κ2) is 7.52. The minimum absolute atomic E-state index is 0.0822. The van der Waals surface area contributed by atoms with Gasteiger partial charge in [-0.1, -0.05) is 6.07 Å². The summed E-state index contributed by atoms with van der Waals surface area (Å²) >= 11 is 0. The van der Waals surface area contributed by atoms with E-state index >= 15 is 0 Å². The van der Waals surface area contributed by atoms with Crippen molar-refractivity contribution in [2.45, 2.75) is 53.2 Å². The zero-order chi connectivity index (χ0) is 21.6. The number of hydrogen-bond donors (Lipinski definition) is 0. The molecule has 3 aromatic rings. The average molecular weight is 404 g/mol. The molecule has 30 heavy (non-hydrogen) atoms. The Morgan fingerprint density at radius 2 is 1.80 bits per heavy atom. The van der Waals surface area contributed by atoms with Crippen LogP contribution < -0.4 is 5.56 Å². The van der Waals surface area contributed by atoms with Crippen molar-refractivity contribution in [3.05, 3.63) is 74.3 Å². The summed E-state index contributed by atoms with van der Waals surface area (Å²) in [4.78, 5) is 42.6. The molecule has 6 nitrogen and oxygen atoms in total. The third-order valence-corrected chi connectivity index (χ3v) is 5.81. The summed E-state index contributed by atoms with van der Waals surface area (Å²) in [6, 6.07) is 8.52. The van der Waals surface area contributed by atoms with Crippen molar-refractivity contribution in [2.75, 3.05) is 0 Å². The number of ketones is 1. The average Bonchev–Trinajstić information content (AvgIpc) is 3.18. The van der Waals surface area contributed by atoms with E-state index in [1.807, 2.05) is 32.9 Å². The maximum Gasteiger partial charge on any atom is 0.338 e. The molecule has 1 atom stereocenters. The van der Waals surface area contributed by atoms with E-state index in [4.69, 9.17) is 4.74 Å². The molecule has 0 radical (unpaired) electrons. The summed E-state index contributed by atoms with van der Waals surface area (Å²) in [6.45, 7) is 8.07. The second-order valence-corrected chi connectivity index (χ2v) is 7.98. The van der Waals surface area contributed by atoms with Crippen molar-refractivity contribution in [2.24, 2.45) is 0 Å². The highest BCUT2D eigenvalue weighted by atomic mass is 16.5. The van der Waals surface area contributed by atoms with Crippen molar-refractivity contribution >= 4 is 22.7 Å². The van der Waals surface area contributed by atoms with E-state index in [2.05, 4.69) is 4.98 Å². The van der Waals surface area contributed by atoms with E-state index < -0.39 is 12.1 Å². The zero-order valence-corrected chi connectivity index (χ0v) is 17.6. The number of aromatic nitrogens is 2. The van der Waals surface area contributed by atoms with Crippen LogP contribution >= 0.6 is 0 Å². The van der Waals surface area contributed by atoms with Crippen LogP contribution in [0.1, 0.15) is 56.6 Å². The van der Waals surface area contributed by atoms with E-state index in [1.165, 1.54) is 0 Å². The van der Waals surface area contributed by atoms with E-state index in [0.29, 0.717) is 23.0 Å². The van der Waals surface area contributed by atoms with Crippen molar-refractivity contribution in [3.63, 3.8) is 0 Å². The van der Waals surface area contributed by atoms with Crippen LogP contribution in [0.5, 0.6) is 0 Å². The number of benzene rings is 2. The largest absolute Gasteiger partial charge is 0.451 e.